The van der Waals surface area contributed by atoms with Crippen LogP contribution in [0.3, 0.4) is 0 Å². The summed E-state index contributed by atoms with van der Waals surface area (Å²) in [5.74, 6) is 1.30. The van der Waals surface area contributed by atoms with Gasteiger partial charge in [0.2, 0.25) is 0 Å². The molecule has 0 spiro atoms. The van der Waals surface area contributed by atoms with Crippen molar-refractivity contribution in [2.45, 2.75) is 64.7 Å². The monoisotopic (exact) mass is 498 g/mol. The van der Waals surface area contributed by atoms with Crippen molar-refractivity contribution in [3.63, 3.8) is 0 Å². The number of benzene rings is 2. The highest BCUT2D eigenvalue weighted by Crippen LogP contribution is 2.50. The molecule has 0 unspecified atom stereocenters. The van der Waals surface area contributed by atoms with E-state index >= 15 is 0 Å². The Kier molecular flexibility index (Phi) is 8.68. The Bertz CT molecular complexity index is 847. The predicted octanol–water partition coefficient (Wildman–Crippen LogP) is 6.09. The minimum Gasteiger partial charge on any atom is -0.449 e. The third-order valence-corrected chi connectivity index (χ3v) is 17.1. The van der Waals surface area contributed by atoms with Gasteiger partial charge in [0.15, 0.2) is 8.32 Å². The highest BCUT2D eigenvalue weighted by Gasteiger charge is 2.54. The first-order chi connectivity index (χ1) is 16.0. The Morgan fingerprint density at radius 3 is 1.71 bits per heavy atom. The zero-order chi connectivity index (χ0) is 25.0. The fourth-order valence-corrected chi connectivity index (χ4v) is 17.6. The number of rotatable bonds is 10. The molecule has 34 heavy (non-hydrogen) atoms. The van der Waals surface area contributed by atoms with Gasteiger partial charge in [-0.25, -0.2) is 0 Å². The van der Waals surface area contributed by atoms with Crippen LogP contribution in [0.5, 0.6) is 0 Å². The van der Waals surface area contributed by atoms with Gasteiger partial charge in [-0.15, -0.1) is 0 Å². The largest absolute Gasteiger partial charge is 0.449 e. The molecule has 0 aromatic heterocycles. The summed E-state index contributed by atoms with van der Waals surface area (Å²) in [7, 11) is -0.942. The van der Waals surface area contributed by atoms with Gasteiger partial charge >= 0.3 is 0 Å². The van der Waals surface area contributed by atoms with Crippen molar-refractivity contribution >= 4 is 27.0 Å². The third kappa shape index (κ3) is 5.76. The Balaban J connectivity index is 1.98. The molecular formula is C29H46O3Si2. The number of methoxy groups -OCH3 is 2. The molecule has 0 aliphatic heterocycles. The van der Waals surface area contributed by atoms with Crippen LogP contribution in [-0.4, -0.2) is 44.1 Å². The van der Waals surface area contributed by atoms with Crippen LogP contribution in [0.1, 0.15) is 40.5 Å². The smallest absolute Gasteiger partial charge is 0.250 e. The lowest BCUT2D eigenvalue weighted by molar-refractivity contribution is 0.0109. The van der Waals surface area contributed by atoms with Gasteiger partial charge in [-0.1, -0.05) is 88.4 Å². The summed E-state index contributed by atoms with van der Waals surface area (Å²) in [5.41, 5.74) is 0.134. The Hall–Kier alpha value is -1.25. The first-order valence-electron chi connectivity index (χ1n) is 12.8. The van der Waals surface area contributed by atoms with Gasteiger partial charge in [-0.3, -0.25) is 0 Å². The second kappa shape index (κ2) is 10.8. The molecule has 0 heterocycles. The van der Waals surface area contributed by atoms with E-state index in [0.717, 1.165) is 19.6 Å². The van der Waals surface area contributed by atoms with Crippen LogP contribution >= 0.6 is 0 Å². The highest BCUT2D eigenvalue weighted by atomic mass is 28.4. The van der Waals surface area contributed by atoms with Crippen molar-refractivity contribution in [1.29, 1.82) is 0 Å². The maximum Gasteiger partial charge on any atom is 0.250 e. The molecule has 2 aromatic carbocycles. The van der Waals surface area contributed by atoms with E-state index in [2.05, 4.69) is 101 Å². The molecule has 0 saturated heterocycles. The number of ether oxygens (including phenoxy) is 2. The van der Waals surface area contributed by atoms with E-state index < -0.39 is 16.6 Å². The molecule has 2 atom stereocenters. The first-order valence-corrected chi connectivity index (χ1v) is 17.8. The van der Waals surface area contributed by atoms with Gasteiger partial charge in [-0.05, 0) is 59.2 Å². The lowest BCUT2D eigenvalue weighted by Crippen LogP contribution is -2.70. The molecule has 0 N–H and O–H groups in total. The summed E-state index contributed by atoms with van der Waals surface area (Å²) in [6.45, 7) is 16.0. The van der Waals surface area contributed by atoms with Gasteiger partial charge in [0.25, 0.3) is 8.32 Å². The van der Waals surface area contributed by atoms with Crippen LogP contribution in [0.2, 0.25) is 24.2 Å². The molecular weight excluding hydrogens is 452 g/mol. The minimum absolute atomic E-state index is 0.0110. The molecule has 1 saturated carbocycles. The average Bonchev–Trinajstić information content (AvgIpc) is 3.06. The molecule has 1 aliphatic carbocycles. The van der Waals surface area contributed by atoms with Crippen molar-refractivity contribution in [3.8, 4) is 0 Å². The summed E-state index contributed by atoms with van der Waals surface area (Å²) in [4.78, 5) is 0. The van der Waals surface area contributed by atoms with Crippen LogP contribution in [0.25, 0.3) is 0 Å². The van der Waals surface area contributed by atoms with Crippen molar-refractivity contribution in [2.75, 3.05) is 27.4 Å². The molecule has 0 radical (unpaired) electrons. The summed E-state index contributed by atoms with van der Waals surface area (Å²) < 4.78 is 19.0. The Morgan fingerprint density at radius 1 is 0.824 bits per heavy atom. The van der Waals surface area contributed by atoms with Crippen molar-refractivity contribution in [3.05, 3.63) is 60.7 Å². The molecule has 188 valence electrons. The molecule has 1 aliphatic rings. The highest BCUT2D eigenvalue weighted by molar-refractivity contribution is 7.04. The predicted molar refractivity (Wildman–Crippen MR) is 149 cm³/mol. The van der Waals surface area contributed by atoms with Crippen molar-refractivity contribution in [2.24, 2.45) is 17.3 Å². The fraction of sp³-hybridized carbons (Fsp3) is 0.586. The maximum atomic E-state index is 7.68. The Morgan fingerprint density at radius 2 is 1.29 bits per heavy atom. The zero-order valence-electron chi connectivity index (χ0n) is 22.7. The number of hydrogen-bond acceptors (Lipinski definition) is 3. The first kappa shape index (κ1) is 27.3. The van der Waals surface area contributed by atoms with E-state index in [9.17, 15) is 0 Å². The second-order valence-electron chi connectivity index (χ2n) is 12.2. The van der Waals surface area contributed by atoms with E-state index in [4.69, 9.17) is 13.6 Å². The van der Waals surface area contributed by atoms with E-state index in [-0.39, 0.29) is 10.5 Å². The van der Waals surface area contributed by atoms with Gasteiger partial charge in [0.1, 0.15) is 0 Å². The van der Waals surface area contributed by atoms with E-state index in [1.54, 1.807) is 0 Å². The van der Waals surface area contributed by atoms with Crippen LogP contribution in [0.15, 0.2) is 60.7 Å². The lowest BCUT2D eigenvalue weighted by Gasteiger charge is -2.48. The van der Waals surface area contributed by atoms with Gasteiger partial charge in [0.05, 0.1) is 13.2 Å². The van der Waals surface area contributed by atoms with Crippen molar-refractivity contribution in [1.82, 2.24) is 0 Å². The standard InChI is InChI=1S/C29H46O3Si2/c1-24-19-29(22-30-5,23-31-6)20-25(24)21-33(7,8)32-34(28(2,3)4,26-15-11-9-12-16-26)27-17-13-10-14-18-27/h9-18,24-25H,19-23H2,1-8H3/t24-,25+/m0/s1. The number of hydrogen-bond donors (Lipinski definition) is 0. The topological polar surface area (TPSA) is 27.7 Å². The molecule has 1 fully saturated rings. The molecule has 2 aromatic rings. The average molecular weight is 499 g/mol. The SMILES string of the molecule is COCC1(COC)C[C@H](C[Si](C)(C)O[Si](c2ccccc2)(c2ccccc2)C(C)(C)C)[C@@H](C)C1. The zero-order valence-corrected chi connectivity index (χ0v) is 24.7. The third-order valence-electron chi connectivity index (χ3n) is 7.76. The van der Waals surface area contributed by atoms with Gasteiger partial charge < -0.3 is 13.6 Å². The summed E-state index contributed by atoms with van der Waals surface area (Å²) in [6, 6.07) is 23.3. The van der Waals surface area contributed by atoms with Crippen LogP contribution < -0.4 is 10.4 Å². The molecule has 5 heteroatoms. The van der Waals surface area contributed by atoms with Crippen LogP contribution in [-0.2, 0) is 13.6 Å². The molecule has 0 bridgehead atoms. The molecule has 3 nitrogen and oxygen atoms in total. The van der Waals surface area contributed by atoms with Gasteiger partial charge in [0, 0.05) is 19.6 Å². The second-order valence-corrected chi connectivity index (χ2v) is 21.0. The molecule has 0 amide bonds. The lowest BCUT2D eigenvalue weighted by atomic mass is 9.87. The Labute approximate surface area is 210 Å². The normalized spacial score (nSPS) is 21.1. The summed E-state index contributed by atoms with van der Waals surface area (Å²) in [5, 5.41) is 2.76. The van der Waals surface area contributed by atoms with Crippen LogP contribution in [0, 0.1) is 17.3 Å². The van der Waals surface area contributed by atoms with E-state index in [0.29, 0.717) is 11.8 Å². The molecule has 3 rings (SSSR count). The van der Waals surface area contributed by atoms with Crippen LogP contribution in [0.4, 0.5) is 0 Å². The van der Waals surface area contributed by atoms with Gasteiger partial charge in [-0.2, -0.15) is 0 Å². The van der Waals surface area contributed by atoms with E-state index in [1.807, 2.05) is 14.2 Å². The minimum atomic E-state index is -2.53. The van der Waals surface area contributed by atoms with Crippen molar-refractivity contribution < 1.29 is 13.6 Å². The van der Waals surface area contributed by atoms with E-state index in [1.165, 1.54) is 22.8 Å². The fourth-order valence-electron chi connectivity index (χ4n) is 6.59. The summed E-state index contributed by atoms with van der Waals surface area (Å²) >= 11 is 0. The quantitative estimate of drug-likeness (QED) is 0.371. The maximum absolute atomic E-state index is 7.68. The summed E-state index contributed by atoms with van der Waals surface area (Å²) in [6.07, 6.45) is 2.33.